The molecule has 0 heterocycles. The molecule has 0 saturated carbocycles. The molecule has 0 spiro atoms. The van der Waals surface area contributed by atoms with Crippen LogP contribution in [0.25, 0.3) is 0 Å². The van der Waals surface area contributed by atoms with Crippen LogP contribution in [0.1, 0.15) is 33.6 Å². The first-order valence-corrected chi connectivity index (χ1v) is 3.73. The molecule has 11 heavy (non-hydrogen) atoms. The minimum atomic E-state index is 0.0637. The van der Waals surface area contributed by atoms with Gasteiger partial charge in [0.05, 0.1) is 0 Å². The van der Waals surface area contributed by atoms with E-state index in [1.54, 1.807) is 6.08 Å². The van der Waals surface area contributed by atoms with Gasteiger partial charge in [0, 0.05) is 6.42 Å². The number of rotatable bonds is 4. The molecule has 0 N–H and O–H groups in total. The third-order valence-corrected chi connectivity index (χ3v) is 1.55. The Kier molecular flexibility index (Phi) is 4.42. The van der Waals surface area contributed by atoms with E-state index in [-0.39, 0.29) is 11.6 Å². The Balaban J connectivity index is 3.92. The Bertz CT molecular complexity index is 190. The molecular weight excluding hydrogens is 140 g/mol. The molecule has 2 heteroatoms. The fourth-order valence-corrected chi connectivity index (χ4v) is 0.834. The van der Waals surface area contributed by atoms with Gasteiger partial charge in [-0.3, -0.25) is 4.79 Å². The molecule has 0 aromatic rings. The molecular formula is C9H14O2. The van der Waals surface area contributed by atoms with Crippen molar-refractivity contribution in [3.8, 4) is 0 Å². The number of hydrogen-bond acceptors (Lipinski definition) is 2. The summed E-state index contributed by atoms with van der Waals surface area (Å²) >= 11 is 0. The van der Waals surface area contributed by atoms with E-state index < -0.39 is 0 Å². The van der Waals surface area contributed by atoms with Gasteiger partial charge < -0.3 is 4.79 Å². The van der Waals surface area contributed by atoms with Crippen LogP contribution in [0.2, 0.25) is 0 Å². The predicted octanol–water partition coefficient (Wildman–Crippen LogP) is 1.89. The highest BCUT2D eigenvalue weighted by Crippen LogP contribution is 2.05. The van der Waals surface area contributed by atoms with Crippen LogP contribution in [0.4, 0.5) is 0 Å². The Morgan fingerprint density at radius 1 is 1.18 bits per heavy atom. The van der Waals surface area contributed by atoms with E-state index in [1.807, 2.05) is 6.92 Å². The lowest BCUT2D eigenvalue weighted by Gasteiger charge is -1.98. The molecule has 0 aromatic carbocycles. The molecule has 0 radical (unpaired) electrons. The van der Waals surface area contributed by atoms with E-state index in [4.69, 9.17) is 0 Å². The summed E-state index contributed by atoms with van der Waals surface area (Å²) in [5.41, 5.74) is 0.750. The fourth-order valence-electron chi connectivity index (χ4n) is 0.834. The van der Waals surface area contributed by atoms with Crippen molar-refractivity contribution in [2.24, 2.45) is 0 Å². The van der Waals surface area contributed by atoms with Crippen LogP contribution >= 0.6 is 0 Å². The second-order valence-corrected chi connectivity index (χ2v) is 2.57. The Hall–Kier alpha value is -0.920. The van der Waals surface area contributed by atoms with E-state index >= 15 is 0 Å². The lowest BCUT2D eigenvalue weighted by molar-refractivity contribution is -0.117. The van der Waals surface area contributed by atoms with E-state index in [0.29, 0.717) is 12.8 Å². The van der Waals surface area contributed by atoms with Crippen LogP contribution in [0.15, 0.2) is 11.6 Å². The van der Waals surface area contributed by atoms with Crippen LogP contribution in [-0.4, -0.2) is 11.6 Å². The normalized spacial score (nSPS) is 11.4. The summed E-state index contributed by atoms with van der Waals surface area (Å²) in [6.07, 6.45) is 2.83. The molecule has 0 bridgehead atoms. The Labute approximate surface area is 67.3 Å². The molecule has 0 aliphatic carbocycles. The molecule has 0 atom stereocenters. The van der Waals surface area contributed by atoms with E-state index in [1.165, 1.54) is 13.8 Å². The lowest BCUT2D eigenvalue weighted by atomic mass is 10.1. The summed E-state index contributed by atoms with van der Waals surface area (Å²) in [6.45, 7) is 4.87. The minimum Gasteiger partial charge on any atom is -0.300 e. The standard InChI is InChI=1S/C9H14O2/c1-4-9(8(3)11)6-5-7(2)10/h4H,5-6H2,1-3H3/b9-4+. The minimum absolute atomic E-state index is 0.0637. The van der Waals surface area contributed by atoms with E-state index in [2.05, 4.69) is 0 Å². The summed E-state index contributed by atoms with van der Waals surface area (Å²) < 4.78 is 0. The first-order valence-electron chi connectivity index (χ1n) is 3.73. The summed E-state index contributed by atoms with van der Waals surface area (Å²) in [7, 11) is 0. The SMILES string of the molecule is C/C=C(\CCC(C)=O)C(C)=O. The van der Waals surface area contributed by atoms with Crippen molar-refractivity contribution in [2.45, 2.75) is 33.6 Å². The van der Waals surface area contributed by atoms with Crippen molar-refractivity contribution in [2.75, 3.05) is 0 Å². The Morgan fingerprint density at radius 3 is 2.00 bits per heavy atom. The summed E-state index contributed by atoms with van der Waals surface area (Å²) in [5, 5.41) is 0. The predicted molar refractivity (Wildman–Crippen MR) is 44.4 cm³/mol. The van der Waals surface area contributed by atoms with Gasteiger partial charge in [-0.25, -0.2) is 0 Å². The summed E-state index contributed by atoms with van der Waals surface area (Å²) in [5.74, 6) is 0.194. The van der Waals surface area contributed by atoms with Crippen molar-refractivity contribution in [3.63, 3.8) is 0 Å². The van der Waals surface area contributed by atoms with Gasteiger partial charge in [-0.15, -0.1) is 0 Å². The van der Waals surface area contributed by atoms with E-state index in [9.17, 15) is 9.59 Å². The monoisotopic (exact) mass is 154 g/mol. The Morgan fingerprint density at radius 2 is 1.73 bits per heavy atom. The quantitative estimate of drug-likeness (QED) is 0.579. The van der Waals surface area contributed by atoms with Crippen LogP contribution in [-0.2, 0) is 9.59 Å². The average molecular weight is 154 g/mol. The molecule has 0 aromatic heterocycles. The van der Waals surface area contributed by atoms with Gasteiger partial charge in [0.25, 0.3) is 0 Å². The van der Waals surface area contributed by atoms with Crippen LogP contribution in [0, 0.1) is 0 Å². The molecule has 2 nitrogen and oxygen atoms in total. The highest BCUT2D eigenvalue weighted by atomic mass is 16.1. The maximum absolute atomic E-state index is 10.8. The third-order valence-electron chi connectivity index (χ3n) is 1.55. The first-order chi connectivity index (χ1) is 5.07. The zero-order valence-corrected chi connectivity index (χ0v) is 7.31. The van der Waals surface area contributed by atoms with Gasteiger partial charge in [0.2, 0.25) is 0 Å². The lowest BCUT2D eigenvalue weighted by Crippen LogP contribution is -1.99. The topological polar surface area (TPSA) is 34.1 Å². The smallest absolute Gasteiger partial charge is 0.155 e. The number of carbonyl (C=O) groups excluding carboxylic acids is 2. The van der Waals surface area contributed by atoms with E-state index in [0.717, 1.165) is 5.57 Å². The largest absolute Gasteiger partial charge is 0.300 e. The number of carbonyl (C=O) groups is 2. The molecule has 0 fully saturated rings. The van der Waals surface area contributed by atoms with Crippen molar-refractivity contribution in [1.82, 2.24) is 0 Å². The van der Waals surface area contributed by atoms with Gasteiger partial charge in [-0.1, -0.05) is 6.08 Å². The molecule has 62 valence electrons. The van der Waals surface area contributed by atoms with Gasteiger partial charge in [0.1, 0.15) is 5.78 Å². The molecule has 0 rings (SSSR count). The second kappa shape index (κ2) is 4.83. The molecule has 0 aliphatic heterocycles. The van der Waals surface area contributed by atoms with Gasteiger partial charge in [-0.05, 0) is 32.8 Å². The third kappa shape index (κ3) is 4.48. The average Bonchev–Trinajstić information content (AvgIpc) is 1.87. The summed E-state index contributed by atoms with van der Waals surface area (Å²) in [6, 6.07) is 0. The van der Waals surface area contributed by atoms with Crippen LogP contribution in [0.3, 0.4) is 0 Å². The highest BCUT2D eigenvalue weighted by molar-refractivity contribution is 5.93. The number of ketones is 2. The molecule has 0 saturated heterocycles. The van der Waals surface area contributed by atoms with Crippen molar-refractivity contribution < 1.29 is 9.59 Å². The van der Waals surface area contributed by atoms with Gasteiger partial charge in [-0.2, -0.15) is 0 Å². The van der Waals surface area contributed by atoms with Crippen LogP contribution in [0.5, 0.6) is 0 Å². The maximum Gasteiger partial charge on any atom is 0.155 e. The van der Waals surface area contributed by atoms with Crippen molar-refractivity contribution in [3.05, 3.63) is 11.6 Å². The number of hydrogen-bond donors (Lipinski definition) is 0. The highest BCUT2D eigenvalue weighted by Gasteiger charge is 2.02. The van der Waals surface area contributed by atoms with Gasteiger partial charge >= 0.3 is 0 Å². The van der Waals surface area contributed by atoms with Crippen molar-refractivity contribution in [1.29, 1.82) is 0 Å². The first kappa shape index (κ1) is 10.1. The zero-order chi connectivity index (χ0) is 8.85. The molecule has 0 aliphatic rings. The van der Waals surface area contributed by atoms with Crippen molar-refractivity contribution >= 4 is 11.6 Å². The molecule has 0 amide bonds. The van der Waals surface area contributed by atoms with Crippen LogP contribution < -0.4 is 0 Å². The maximum atomic E-state index is 10.8. The summed E-state index contributed by atoms with van der Waals surface area (Å²) in [4.78, 5) is 21.4. The van der Waals surface area contributed by atoms with Gasteiger partial charge in [0.15, 0.2) is 5.78 Å². The number of Topliss-reactive ketones (excluding diaryl/α,β-unsaturated/α-hetero) is 2. The fraction of sp³-hybridized carbons (Fsp3) is 0.556. The number of allylic oxidation sites excluding steroid dienone is 2. The molecule has 0 unspecified atom stereocenters. The second-order valence-electron chi connectivity index (χ2n) is 2.57. The zero-order valence-electron chi connectivity index (χ0n) is 7.31.